The third kappa shape index (κ3) is 5.73. The van der Waals surface area contributed by atoms with Crippen molar-refractivity contribution in [1.82, 2.24) is 5.32 Å². The van der Waals surface area contributed by atoms with Crippen molar-refractivity contribution < 1.29 is 14.3 Å². The van der Waals surface area contributed by atoms with Crippen LogP contribution < -0.4 is 5.32 Å². The van der Waals surface area contributed by atoms with Gasteiger partial charge in [-0.15, -0.1) is 23.1 Å². The lowest BCUT2D eigenvalue weighted by atomic mass is 10.1. The highest BCUT2D eigenvalue weighted by Gasteiger charge is 2.24. The molecule has 1 unspecified atom stereocenters. The van der Waals surface area contributed by atoms with Crippen molar-refractivity contribution in [3.05, 3.63) is 21.3 Å². The molecule has 1 heterocycles. The molecule has 0 bridgehead atoms. The fourth-order valence-electron chi connectivity index (χ4n) is 1.51. The van der Waals surface area contributed by atoms with Crippen LogP contribution in [0.3, 0.4) is 0 Å². The van der Waals surface area contributed by atoms with Gasteiger partial charge in [0.05, 0.1) is 17.2 Å². The van der Waals surface area contributed by atoms with Gasteiger partial charge < -0.3 is 10.1 Å². The summed E-state index contributed by atoms with van der Waals surface area (Å²) in [6.07, 6.45) is 0. The molecule has 0 radical (unpaired) electrons. The lowest BCUT2D eigenvalue weighted by Crippen LogP contribution is -2.45. The summed E-state index contributed by atoms with van der Waals surface area (Å²) in [7, 11) is 1.32. The van der Waals surface area contributed by atoms with Crippen molar-refractivity contribution in [1.29, 1.82) is 0 Å². The number of nitrogens with one attached hydrogen (secondary N) is 1. The van der Waals surface area contributed by atoms with Crippen molar-refractivity contribution in [3.8, 4) is 0 Å². The lowest BCUT2D eigenvalue weighted by Gasteiger charge is -2.19. The molecule has 1 atom stereocenters. The molecule has 0 saturated carbocycles. The maximum Gasteiger partial charge on any atom is 0.328 e. The summed E-state index contributed by atoms with van der Waals surface area (Å²) < 4.78 is 5.42. The van der Waals surface area contributed by atoms with Gasteiger partial charge in [-0.2, -0.15) is 0 Å². The summed E-state index contributed by atoms with van der Waals surface area (Å²) in [6, 6.07) is 3.20. The highest BCUT2D eigenvalue weighted by atomic mass is 35.5. The van der Waals surface area contributed by atoms with Crippen LogP contribution in [0.25, 0.3) is 0 Å². The van der Waals surface area contributed by atoms with Gasteiger partial charge in [-0.3, -0.25) is 4.79 Å². The SMILES string of the molecule is COC(=O)C(NC(=O)CSCc1ccc(Cl)s1)C(C)C. The van der Waals surface area contributed by atoms with Crippen molar-refractivity contribution in [2.75, 3.05) is 12.9 Å². The van der Waals surface area contributed by atoms with E-state index in [1.807, 2.05) is 26.0 Å². The Balaban J connectivity index is 2.36. The van der Waals surface area contributed by atoms with Crippen molar-refractivity contribution >= 4 is 46.6 Å². The lowest BCUT2D eigenvalue weighted by molar-refractivity contribution is -0.146. The molecule has 0 aliphatic rings. The highest BCUT2D eigenvalue weighted by molar-refractivity contribution is 7.99. The van der Waals surface area contributed by atoms with Crippen molar-refractivity contribution in [2.24, 2.45) is 5.92 Å². The molecule has 4 nitrogen and oxygen atoms in total. The Kier molecular flexibility index (Phi) is 7.40. The molecule has 0 aliphatic heterocycles. The third-order valence-electron chi connectivity index (χ3n) is 2.54. The minimum atomic E-state index is -0.593. The topological polar surface area (TPSA) is 55.4 Å². The summed E-state index contributed by atoms with van der Waals surface area (Å²) in [6.45, 7) is 3.73. The van der Waals surface area contributed by atoms with Gasteiger partial charge in [0.25, 0.3) is 0 Å². The summed E-state index contributed by atoms with van der Waals surface area (Å²) in [5.74, 6) is 0.447. The highest BCUT2D eigenvalue weighted by Crippen LogP contribution is 2.25. The van der Waals surface area contributed by atoms with Crippen LogP contribution in [0.5, 0.6) is 0 Å². The van der Waals surface area contributed by atoms with Gasteiger partial charge >= 0.3 is 5.97 Å². The average Bonchev–Trinajstić information content (AvgIpc) is 2.80. The Bertz CT molecular complexity index is 462. The van der Waals surface area contributed by atoms with E-state index in [0.717, 1.165) is 15.0 Å². The molecule has 0 saturated heterocycles. The molecular weight excluding hydrogens is 318 g/mol. The predicted molar refractivity (Wildman–Crippen MR) is 84.3 cm³/mol. The summed E-state index contributed by atoms with van der Waals surface area (Å²) in [4.78, 5) is 24.5. The van der Waals surface area contributed by atoms with E-state index in [4.69, 9.17) is 11.6 Å². The Hall–Kier alpha value is -0.720. The van der Waals surface area contributed by atoms with E-state index < -0.39 is 12.0 Å². The number of rotatable bonds is 7. The number of thiophene rings is 1. The first kappa shape index (κ1) is 17.3. The van der Waals surface area contributed by atoms with Gasteiger partial charge in [0.15, 0.2) is 0 Å². The number of carbonyl (C=O) groups is 2. The number of amides is 1. The van der Waals surface area contributed by atoms with E-state index in [1.165, 1.54) is 30.2 Å². The summed E-state index contributed by atoms with van der Waals surface area (Å²) in [5, 5.41) is 2.70. The largest absolute Gasteiger partial charge is 0.467 e. The molecule has 20 heavy (non-hydrogen) atoms. The molecule has 0 aromatic carbocycles. The van der Waals surface area contributed by atoms with E-state index in [2.05, 4.69) is 10.1 Å². The Morgan fingerprint density at radius 1 is 1.45 bits per heavy atom. The summed E-state index contributed by atoms with van der Waals surface area (Å²) in [5.41, 5.74) is 0. The first-order chi connectivity index (χ1) is 9.43. The predicted octanol–water partition coefficient (Wildman–Crippen LogP) is 2.95. The zero-order valence-corrected chi connectivity index (χ0v) is 14.0. The quantitative estimate of drug-likeness (QED) is 0.778. The van der Waals surface area contributed by atoms with Crippen LogP contribution in [-0.4, -0.2) is 30.8 Å². The molecule has 0 aliphatic carbocycles. The fraction of sp³-hybridized carbons (Fsp3) is 0.538. The standard InChI is InChI=1S/C13H18ClNO3S2/c1-8(2)12(13(17)18-3)15-11(16)7-19-6-9-4-5-10(14)20-9/h4-5,8,12H,6-7H2,1-3H3,(H,15,16). The second kappa shape index (κ2) is 8.54. The van der Waals surface area contributed by atoms with Gasteiger partial charge in [-0.1, -0.05) is 25.4 Å². The Morgan fingerprint density at radius 3 is 2.65 bits per heavy atom. The monoisotopic (exact) mass is 335 g/mol. The van der Waals surface area contributed by atoms with Crippen LogP contribution in [-0.2, 0) is 20.1 Å². The number of methoxy groups -OCH3 is 1. The Labute approximate surface area is 132 Å². The maximum absolute atomic E-state index is 11.8. The van der Waals surface area contributed by atoms with Crippen molar-refractivity contribution in [3.63, 3.8) is 0 Å². The molecule has 7 heteroatoms. The first-order valence-electron chi connectivity index (χ1n) is 6.13. The molecule has 1 amide bonds. The van der Waals surface area contributed by atoms with Gasteiger partial charge in [-0.25, -0.2) is 4.79 Å². The van der Waals surface area contributed by atoms with Crippen molar-refractivity contribution in [2.45, 2.75) is 25.6 Å². The first-order valence-corrected chi connectivity index (χ1v) is 8.48. The molecular formula is C13H18ClNO3S2. The summed E-state index contributed by atoms with van der Waals surface area (Å²) >= 11 is 8.83. The van der Waals surface area contributed by atoms with E-state index in [1.54, 1.807) is 0 Å². The normalized spacial score (nSPS) is 12.2. The molecule has 112 valence electrons. The maximum atomic E-state index is 11.8. The zero-order chi connectivity index (χ0) is 15.1. The zero-order valence-electron chi connectivity index (χ0n) is 11.6. The van der Waals surface area contributed by atoms with E-state index in [0.29, 0.717) is 5.75 Å². The van der Waals surface area contributed by atoms with Crippen LogP contribution in [0.4, 0.5) is 0 Å². The molecule has 1 rings (SSSR count). The van der Waals surface area contributed by atoms with Crippen LogP contribution >= 0.6 is 34.7 Å². The molecule has 1 aromatic rings. The van der Waals surface area contributed by atoms with E-state index >= 15 is 0 Å². The van der Waals surface area contributed by atoms with E-state index in [-0.39, 0.29) is 11.8 Å². The van der Waals surface area contributed by atoms with Crippen LogP contribution in [0.15, 0.2) is 12.1 Å². The molecule has 0 spiro atoms. The van der Waals surface area contributed by atoms with Gasteiger partial charge in [-0.05, 0) is 18.1 Å². The Morgan fingerprint density at radius 2 is 2.15 bits per heavy atom. The average molecular weight is 336 g/mol. The van der Waals surface area contributed by atoms with Crippen LogP contribution in [0, 0.1) is 5.92 Å². The van der Waals surface area contributed by atoms with Gasteiger partial charge in [0.1, 0.15) is 6.04 Å². The molecule has 0 fully saturated rings. The number of carbonyl (C=O) groups excluding carboxylic acids is 2. The van der Waals surface area contributed by atoms with E-state index in [9.17, 15) is 9.59 Å². The second-order valence-corrected chi connectivity index (χ2v) is 7.30. The number of thioether (sulfide) groups is 1. The fourth-order valence-corrected chi connectivity index (χ4v) is 3.55. The van der Waals surface area contributed by atoms with Gasteiger partial charge in [0.2, 0.25) is 5.91 Å². The van der Waals surface area contributed by atoms with Crippen LogP contribution in [0.2, 0.25) is 4.34 Å². The molecule has 1 aromatic heterocycles. The number of ether oxygens (including phenoxy) is 1. The third-order valence-corrected chi connectivity index (χ3v) is 4.94. The number of hydrogen-bond acceptors (Lipinski definition) is 5. The number of halogens is 1. The number of hydrogen-bond donors (Lipinski definition) is 1. The minimum Gasteiger partial charge on any atom is -0.467 e. The van der Waals surface area contributed by atoms with Gasteiger partial charge in [0, 0.05) is 10.6 Å². The second-order valence-electron chi connectivity index (χ2n) is 4.51. The smallest absolute Gasteiger partial charge is 0.328 e. The number of esters is 1. The molecule has 1 N–H and O–H groups in total. The minimum absolute atomic E-state index is 0.00694. The van der Waals surface area contributed by atoms with Crippen LogP contribution in [0.1, 0.15) is 18.7 Å².